The molecule has 0 aliphatic carbocycles. The Morgan fingerprint density at radius 2 is 1.74 bits per heavy atom. The van der Waals surface area contributed by atoms with Crippen LogP contribution >= 0.6 is 0 Å². The van der Waals surface area contributed by atoms with E-state index in [1.165, 1.54) is 37.2 Å². The summed E-state index contributed by atoms with van der Waals surface area (Å²) in [7, 11) is 0. The molecule has 0 spiro atoms. The molecule has 10 nitrogen and oxygen atoms in total. The highest BCUT2D eigenvalue weighted by Gasteiger charge is 2.51. The van der Waals surface area contributed by atoms with Gasteiger partial charge in [0.15, 0.2) is 12.6 Å². The van der Waals surface area contributed by atoms with Crippen molar-refractivity contribution in [2.45, 2.75) is 24.5 Å². The van der Waals surface area contributed by atoms with Crippen LogP contribution in [0.5, 0.6) is 0 Å². The van der Waals surface area contributed by atoms with E-state index < -0.39 is 17.7 Å². The van der Waals surface area contributed by atoms with Gasteiger partial charge < -0.3 is 40.1 Å². The molecule has 0 saturated carbocycles. The minimum Gasteiger partial charge on any atom is -1.00 e. The number of carbonyl (C=O) groups is 2. The Hall–Kier alpha value is -3.02. The quantitative estimate of drug-likeness (QED) is 0.283. The molecule has 6 heterocycles. The molecule has 2 N–H and O–H groups in total. The van der Waals surface area contributed by atoms with Gasteiger partial charge in [-0.05, 0) is 18.2 Å². The number of fused-ring (bicyclic) bond motifs is 3. The second-order valence-corrected chi connectivity index (χ2v) is 8.77. The first-order valence-corrected chi connectivity index (χ1v) is 10.9. The van der Waals surface area contributed by atoms with E-state index in [2.05, 4.69) is 15.3 Å². The zero-order valence-electron chi connectivity index (χ0n) is 18.3. The number of halogens is 1. The number of esters is 1. The predicted molar refractivity (Wildman–Crippen MR) is 113 cm³/mol. The van der Waals surface area contributed by atoms with Gasteiger partial charge in [0.25, 0.3) is 5.91 Å². The molecule has 1 amide bonds. The van der Waals surface area contributed by atoms with Crippen molar-refractivity contribution in [1.82, 2.24) is 9.97 Å². The fraction of sp³-hybridized carbons (Fsp3) is 0.391. The van der Waals surface area contributed by atoms with E-state index in [9.17, 15) is 14.7 Å². The molecule has 3 fully saturated rings. The zero-order valence-corrected chi connectivity index (χ0v) is 19.9. The van der Waals surface area contributed by atoms with E-state index in [-0.39, 0.29) is 52.4 Å². The molecule has 3 aromatic rings. The van der Waals surface area contributed by atoms with E-state index in [0.717, 1.165) is 25.9 Å². The van der Waals surface area contributed by atoms with Gasteiger partial charge >= 0.3 is 5.97 Å². The fourth-order valence-electron chi connectivity index (χ4n) is 4.98. The number of piperidine rings is 3. The molecule has 0 radical (unpaired) electrons. The summed E-state index contributed by atoms with van der Waals surface area (Å²) in [5.74, 6) is -0.516. The molecule has 1 atom stereocenters. The highest BCUT2D eigenvalue weighted by Crippen LogP contribution is 2.38. The lowest BCUT2D eigenvalue weighted by atomic mass is 9.82. The number of ether oxygens (including phenoxy) is 1. The van der Waals surface area contributed by atoms with E-state index in [1.54, 1.807) is 18.5 Å². The molecule has 34 heavy (non-hydrogen) atoms. The third-order valence-electron chi connectivity index (χ3n) is 6.77. The van der Waals surface area contributed by atoms with Crippen LogP contribution in [0.2, 0.25) is 0 Å². The van der Waals surface area contributed by atoms with Crippen molar-refractivity contribution in [1.29, 1.82) is 0 Å². The number of nitrogens with one attached hydrogen (secondary N) is 1. The highest BCUT2D eigenvalue weighted by atomic mass is 79.9. The molecular formula is C23H25BrN4O6. The van der Waals surface area contributed by atoms with Crippen LogP contribution in [0.3, 0.4) is 0 Å². The van der Waals surface area contributed by atoms with Gasteiger partial charge in [-0.15, -0.1) is 0 Å². The number of aliphatic hydroxyl groups is 1. The molecule has 0 unspecified atom stereocenters. The summed E-state index contributed by atoms with van der Waals surface area (Å²) < 4.78 is 16.6. The van der Waals surface area contributed by atoms with Gasteiger partial charge in [-0.2, -0.15) is 0 Å². The van der Waals surface area contributed by atoms with Crippen LogP contribution in [0.25, 0.3) is 0 Å². The summed E-state index contributed by atoms with van der Waals surface area (Å²) in [5, 5.41) is 14.1. The van der Waals surface area contributed by atoms with Crippen LogP contribution < -0.4 is 22.3 Å². The molecule has 0 aromatic carbocycles. The SMILES string of the molecule is O=C(C[N+]12CCC(CC1)[C@@H](OC(=O)C(O)(c1ccoc1)c1ccoc1)C2)Nc1ncccn1.[Br-]. The molecular weight excluding hydrogens is 508 g/mol. The third kappa shape index (κ3) is 4.50. The number of anilines is 1. The number of amides is 1. The largest absolute Gasteiger partial charge is 1.00 e. The maximum Gasteiger partial charge on any atom is 0.348 e. The van der Waals surface area contributed by atoms with E-state index in [1.807, 2.05) is 0 Å². The highest BCUT2D eigenvalue weighted by molar-refractivity contribution is 5.89. The third-order valence-corrected chi connectivity index (χ3v) is 6.77. The Morgan fingerprint density at radius 3 is 2.29 bits per heavy atom. The number of hydrogen-bond donors (Lipinski definition) is 2. The van der Waals surface area contributed by atoms with Crippen LogP contribution in [0.1, 0.15) is 24.0 Å². The normalized spacial score (nSPS) is 23.7. The fourth-order valence-corrected chi connectivity index (χ4v) is 4.98. The van der Waals surface area contributed by atoms with Crippen molar-refractivity contribution < 1.29 is 49.7 Å². The van der Waals surface area contributed by atoms with Gasteiger partial charge in [0.05, 0.1) is 38.1 Å². The lowest BCUT2D eigenvalue weighted by Gasteiger charge is -2.51. The molecule has 3 aromatic heterocycles. The first-order valence-electron chi connectivity index (χ1n) is 10.9. The second kappa shape index (κ2) is 9.69. The van der Waals surface area contributed by atoms with Crippen molar-refractivity contribution in [2.75, 3.05) is 31.5 Å². The summed E-state index contributed by atoms with van der Waals surface area (Å²) in [6, 6.07) is 4.73. The summed E-state index contributed by atoms with van der Waals surface area (Å²) in [6.45, 7) is 2.41. The van der Waals surface area contributed by atoms with Crippen LogP contribution in [-0.2, 0) is 19.9 Å². The lowest BCUT2D eigenvalue weighted by Crippen LogP contribution is -3.00. The Morgan fingerprint density at radius 1 is 1.12 bits per heavy atom. The number of rotatable bonds is 7. The van der Waals surface area contributed by atoms with Gasteiger partial charge in [-0.25, -0.2) is 14.8 Å². The Bertz CT molecular complexity index is 1060. The smallest absolute Gasteiger partial charge is 0.348 e. The number of aromatic nitrogens is 2. The van der Waals surface area contributed by atoms with Crippen molar-refractivity contribution in [2.24, 2.45) is 5.92 Å². The van der Waals surface area contributed by atoms with Gasteiger partial charge in [0.2, 0.25) is 11.5 Å². The van der Waals surface area contributed by atoms with E-state index >= 15 is 0 Å². The van der Waals surface area contributed by atoms with Crippen molar-refractivity contribution >= 4 is 17.8 Å². The molecule has 3 aliphatic rings. The Labute approximate surface area is 206 Å². The molecule has 6 rings (SSSR count). The predicted octanol–water partition coefficient (Wildman–Crippen LogP) is -1.31. The molecule has 180 valence electrons. The zero-order chi connectivity index (χ0) is 22.9. The summed E-state index contributed by atoms with van der Waals surface area (Å²) >= 11 is 0. The Kier molecular flexibility index (Phi) is 6.87. The topological polar surface area (TPSA) is 128 Å². The molecule has 2 bridgehead atoms. The van der Waals surface area contributed by atoms with E-state index in [4.69, 9.17) is 13.6 Å². The number of carbonyl (C=O) groups excluding carboxylic acids is 2. The number of furan rings is 2. The van der Waals surface area contributed by atoms with Crippen molar-refractivity contribution in [3.8, 4) is 0 Å². The molecule has 3 aliphatic heterocycles. The second-order valence-electron chi connectivity index (χ2n) is 8.77. The van der Waals surface area contributed by atoms with Crippen LogP contribution in [0.15, 0.2) is 64.5 Å². The Balaban J connectivity index is 0.00000274. The van der Waals surface area contributed by atoms with Gasteiger partial charge in [0, 0.05) is 42.3 Å². The number of quaternary nitrogens is 1. The van der Waals surface area contributed by atoms with Crippen molar-refractivity contribution in [3.05, 3.63) is 66.8 Å². The van der Waals surface area contributed by atoms with Gasteiger partial charge in [-0.1, -0.05) is 0 Å². The average molecular weight is 533 g/mol. The molecule has 11 heteroatoms. The van der Waals surface area contributed by atoms with Crippen molar-refractivity contribution in [3.63, 3.8) is 0 Å². The van der Waals surface area contributed by atoms with E-state index in [0.29, 0.717) is 11.0 Å². The monoisotopic (exact) mass is 532 g/mol. The van der Waals surface area contributed by atoms with Crippen LogP contribution in [-0.4, -0.2) is 63.7 Å². The standard InChI is InChI=1S/C23H24N4O6.BrH/c28-20(26-22-24-6-1-7-25-22)13-27-8-2-16(3-9-27)19(12-27)33-21(29)23(30,17-4-10-31-14-17)18-5-11-32-15-18;/h1,4-7,10-11,14-16,19,30H,2-3,8-9,12-13H2;1H/t16?,19-,27?;/m0./s1. The summed E-state index contributed by atoms with van der Waals surface area (Å²) in [5.41, 5.74) is -1.51. The number of nitrogens with zero attached hydrogens (tertiary/aromatic N) is 3. The molecule has 3 saturated heterocycles. The maximum atomic E-state index is 13.3. The van der Waals surface area contributed by atoms with Gasteiger partial charge in [-0.3, -0.25) is 10.1 Å². The lowest BCUT2D eigenvalue weighted by molar-refractivity contribution is -0.939. The first-order chi connectivity index (χ1) is 16.0. The first kappa shape index (κ1) is 24.1. The maximum absolute atomic E-state index is 13.3. The number of hydrogen-bond acceptors (Lipinski definition) is 8. The minimum absolute atomic E-state index is 0. The average Bonchev–Trinajstić information content (AvgIpc) is 3.54. The summed E-state index contributed by atoms with van der Waals surface area (Å²) in [4.78, 5) is 34.1. The summed E-state index contributed by atoms with van der Waals surface area (Å²) in [6.07, 6.45) is 9.80. The minimum atomic E-state index is -2.04. The van der Waals surface area contributed by atoms with Gasteiger partial charge in [0.1, 0.15) is 6.54 Å². The van der Waals surface area contributed by atoms with Crippen LogP contribution in [0.4, 0.5) is 5.95 Å². The van der Waals surface area contributed by atoms with Crippen LogP contribution in [0, 0.1) is 5.92 Å².